The first-order chi connectivity index (χ1) is 10.1. The van der Waals surface area contributed by atoms with Crippen LogP contribution in [0.4, 0.5) is 0 Å². The molecule has 0 fully saturated rings. The van der Waals surface area contributed by atoms with Crippen LogP contribution in [0, 0.1) is 10.8 Å². The Labute approximate surface area is 135 Å². The van der Waals surface area contributed by atoms with Crippen LogP contribution in [0.3, 0.4) is 0 Å². The van der Waals surface area contributed by atoms with Crippen LogP contribution in [0.15, 0.2) is 36.4 Å². The summed E-state index contributed by atoms with van der Waals surface area (Å²) in [5, 5.41) is 0. The lowest BCUT2D eigenvalue weighted by Gasteiger charge is -2.18. The summed E-state index contributed by atoms with van der Waals surface area (Å²) < 4.78 is 0. The number of pyridine rings is 2. The van der Waals surface area contributed by atoms with Gasteiger partial charge in [-0.15, -0.1) is 0 Å². The van der Waals surface area contributed by atoms with Gasteiger partial charge in [-0.3, -0.25) is 9.97 Å². The molecule has 0 unspecified atom stereocenters. The van der Waals surface area contributed by atoms with Crippen LogP contribution in [0.1, 0.15) is 52.9 Å². The minimum absolute atomic E-state index is 0.243. The topological polar surface area (TPSA) is 25.8 Å². The number of aromatic nitrogens is 2. The van der Waals surface area contributed by atoms with Gasteiger partial charge >= 0.3 is 0 Å². The zero-order valence-electron chi connectivity index (χ0n) is 14.8. The van der Waals surface area contributed by atoms with Crippen molar-refractivity contribution in [2.45, 2.75) is 54.4 Å². The maximum Gasteiger partial charge on any atom is 0.0889 e. The zero-order chi connectivity index (χ0) is 16.4. The van der Waals surface area contributed by atoms with Gasteiger partial charge in [0.25, 0.3) is 0 Å². The summed E-state index contributed by atoms with van der Waals surface area (Å²) in [6.07, 6.45) is 1.95. The quantitative estimate of drug-likeness (QED) is 0.766. The van der Waals surface area contributed by atoms with Gasteiger partial charge in [0.05, 0.1) is 11.4 Å². The van der Waals surface area contributed by atoms with Crippen LogP contribution in [0.2, 0.25) is 0 Å². The second-order valence-corrected chi connectivity index (χ2v) is 8.50. The maximum atomic E-state index is 4.80. The highest BCUT2D eigenvalue weighted by molar-refractivity contribution is 5.54. The second-order valence-electron chi connectivity index (χ2n) is 8.50. The first-order valence-corrected chi connectivity index (χ1v) is 8.05. The van der Waals surface area contributed by atoms with Crippen LogP contribution >= 0.6 is 0 Å². The van der Waals surface area contributed by atoms with Gasteiger partial charge in [0.1, 0.15) is 0 Å². The third-order valence-corrected chi connectivity index (χ3v) is 3.30. The predicted molar refractivity (Wildman–Crippen MR) is 93.8 cm³/mol. The highest BCUT2D eigenvalue weighted by atomic mass is 14.8. The highest BCUT2D eigenvalue weighted by Gasteiger charge is 2.15. The maximum absolute atomic E-state index is 4.80. The molecule has 2 rings (SSSR count). The van der Waals surface area contributed by atoms with Crippen molar-refractivity contribution in [3.05, 3.63) is 47.8 Å². The van der Waals surface area contributed by atoms with Crippen LogP contribution < -0.4 is 0 Å². The Kier molecular flexibility index (Phi) is 4.69. The fourth-order valence-corrected chi connectivity index (χ4v) is 2.53. The van der Waals surface area contributed by atoms with Crippen molar-refractivity contribution in [1.82, 2.24) is 9.97 Å². The largest absolute Gasteiger partial charge is 0.251 e. The van der Waals surface area contributed by atoms with E-state index in [1.54, 1.807) is 0 Å². The third-order valence-electron chi connectivity index (χ3n) is 3.30. The molecule has 0 aromatic carbocycles. The Morgan fingerprint density at radius 1 is 0.636 bits per heavy atom. The molecule has 0 bridgehead atoms. The van der Waals surface area contributed by atoms with E-state index in [1.807, 2.05) is 0 Å². The molecule has 0 amide bonds. The van der Waals surface area contributed by atoms with Crippen molar-refractivity contribution in [2.75, 3.05) is 0 Å². The first-order valence-electron chi connectivity index (χ1n) is 8.05. The summed E-state index contributed by atoms with van der Waals surface area (Å²) in [5.74, 6) is 0. The van der Waals surface area contributed by atoms with Crippen LogP contribution in [0.5, 0.6) is 0 Å². The molecule has 118 valence electrons. The number of hydrogen-bond donors (Lipinski definition) is 0. The smallest absolute Gasteiger partial charge is 0.0889 e. The lowest BCUT2D eigenvalue weighted by atomic mass is 9.90. The van der Waals surface area contributed by atoms with E-state index >= 15 is 0 Å². The van der Waals surface area contributed by atoms with Crippen molar-refractivity contribution in [3.8, 4) is 11.4 Å². The van der Waals surface area contributed by atoms with E-state index < -0.39 is 0 Å². The van der Waals surface area contributed by atoms with Gasteiger partial charge in [0, 0.05) is 11.4 Å². The Bertz CT molecular complexity index is 573. The van der Waals surface area contributed by atoms with Gasteiger partial charge in [-0.05, 0) is 47.9 Å². The number of nitrogens with zero attached hydrogens (tertiary/aromatic N) is 2. The van der Waals surface area contributed by atoms with Crippen LogP contribution in [-0.4, -0.2) is 9.97 Å². The summed E-state index contributed by atoms with van der Waals surface area (Å²) in [4.78, 5) is 9.61. The van der Waals surface area contributed by atoms with E-state index in [2.05, 4.69) is 77.9 Å². The molecule has 0 atom stereocenters. The fourth-order valence-electron chi connectivity index (χ4n) is 2.53. The van der Waals surface area contributed by atoms with Gasteiger partial charge in [-0.25, -0.2) is 0 Å². The van der Waals surface area contributed by atoms with E-state index in [1.165, 1.54) is 0 Å². The molecule has 2 heterocycles. The Balaban J connectivity index is 2.28. The summed E-state index contributed by atoms with van der Waals surface area (Å²) in [5.41, 5.74) is 4.69. The number of hydrogen-bond acceptors (Lipinski definition) is 2. The predicted octanol–water partition coefficient (Wildman–Crippen LogP) is 5.32. The van der Waals surface area contributed by atoms with Gasteiger partial charge in [-0.2, -0.15) is 0 Å². The van der Waals surface area contributed by atoms with Crippen molar-refractivity contribution < 1.29 is 0 Å². The first kappa shape index (κ1) is 16.7. The Morgan fingerprint density at radius 2 is 1.00 bits per heavy atom. The molecule has 2 nitrogen and oxygen atoms in total. The van der Waals surface area contributed by atoms with Crippen molar-refractivity contribution >= 4 is 0 Å². The summed E-state index contributed by atoms with van der Waals surface area (Å²) >= 11 is 0. The third kappa shape index (κ3) is 5.25. The Hall–Kier alpha value is -1.70. The molecule has 0 radical (unpaired) electrons. The molecule has 0 aliphatic carbocycles. The van der Waals surface area contributed by atoms with Crippen molar-refractivity contribution in [3.63, 3.8) is 0 Å². The molecule has 0 aliphatic rings. The van der Waals surface area contributed by atoms with Gasteiger partial charge in [-0.1, -0.05) is 53.7 Å². The average molecular weight is 296 g/mol. The molecule has 22 heavy (non-hydrogen) atoms. The van der Waals surface area contributed by atoms with Crippen molar-refractivity contribution in [1.29, 1.82) is 0 Å². The SMILES string of the molecule is CC(C)(C)Cc1cccc(-c2cccc(CC(C)(C)C)n2)n1. The standard InChI is InChI=1S/C20H28N2/c1-19(2,3)13-15-9-7-11-17(21-15)18-12-8-10-16(22-18)14-20(4,5)6/h7-12H,13-14H2,1-6H3. The molecular formula is C20H28N2. The van der Waals surface area contributed by atoms with E-state index in [-0.39, 0.29) is 10.8 Å². The molecule has 0 aliphatic heterocycles. The zero-order valence-corrected chi connectivity index (χ0v) is 14.8. The molecule has 2 heteroatoms. The second kappa shape index (κ2) is 6.20. The minimum Gasteiger partial charge on any atom is -0.251 e. The van der Waals surface area contributed by atoms with Gasteiger partial charge in [0.2, 0.25) is 0 Å². The van der Waals surface area contributed by atoms with Crippen LogP contribution in [0.25, 0.3) is 11.4 Å². The summed E-state index contributed by atoms with van der Waals surface area (Å²) in [6, 6.07) is 12.5. The monoisotopic (exact) mass is 296 g/mol. The lowest BCUT2D eigenvalue weighted by Crippen LogP contribution is -2.11. The molecule has 0 spiro atoms. The van der Waals surface area contributed by atoms with E-state index in [0.29, 0.717) is 0 Å². The number of rotatable bonds is 3. The van der Waals surface area contributed by atoms with E-state index in [4.69, 9.17) is 9.97 Å². The molecular weight excluding hydrogens is 268 g/mol. The molecule has 0 saturated heterocycles. The Morgan fingerprint density at radius 3 is 1.32 bits per heavy atom. The average Bonchev–Trinajstić information content (AvgIpc) is 2.35. The molecule has 0 N–H and O–H groups in total. The normalized spacial score (nSPS) is 12.5. The van der Waals surface area contributed by atoms with E-state index in [0.717, 1.165) is 35.6 Å². The highest BCUT2D eigenvalue weighted by Crippen LogP contribution is 2.23. The van der Waals surface area contributed by atoms with E-state index in [9.17, 15) is 0 Å². The fraction of sp³-hybridized carbons (Fsp3) is 0.500. The van der Waals surface area contributed by atoms with Crippen LogP contribution in [-0.2, 0) is 12.8 Å². The molecule has 2 aromatic heterocycles. The minimum atomic E-state index is 0.243. The molecule has 2 aromatic rings. The lowest BCUT2D eigenvalue weighted by molar-refractivity contribution is 0.405. The van der Waals surface area contributed by atoms with Crippen molar-refractivity contribution in [2.24, 2.45) is 10.8 Å². The van der Waals surface area contributed by atoms with Gasteiger partial charge in [0.15, 0.2) is 0 Å². The van der Waals surface area contributed by atoms with Gasteiger partial charge < -0.3 is 0 Å². The summed E-state index contributed by atoms with van der Waals surface area (Å²) in [6.45, 7) is 13.4. The summed E-state index contributed by atoms with van der Waals surface area (Å²) in [7, 11) is 0. The molecule has 0 saturated carbocycles.